The molecule has 2 heterocycles. The first-order chi connectivity index (χ1) is 13.2. The molecule has 5 nitrogen and oxygen atoms in total. The number of benzene rings is 1. The topological polar surface area (TPSA) is 43.4 Å². The highest BCUT2D eigenvalue weighted by atomic mass is 15.2. The lowest BCUT2D eigenvalue weighted by Gasteiger charge is -2.33. The third kappa shape index (κ3) is 6.94. The van der Waals surface area contributed by atoms with E-state index in [1.807, 2.05) is 24.5 Å². The highest BCUT2D eigenvalue weighted by Gasteiger charge is 2.18. The molecule has 1 saturated heterocycles. The molecule has 5 heteroatoms. The third-order valence-corrected chi connectivity index (χ3v) is 5.25. The average molecular weight is 368 g/mol. The average Bonchev–Trinajstić information content (AvgIpc) is 2.71. The van der Waals surface area contributed by atoms with E-state index in [0.29, 0.717) is 6.04 Å². The van der Waals surface area contributed by atoms with E-state index in [0.717, 1.165) is 25.3 Å². The Kier molecular flexibility index (Phi) is 7.63. The lowest BCUT2D eigenvalue weighted by atomic mass is 10.0. The van der Waals surface area contributed by atoms with Crippen LogP contribution < -0.4 is 10.6 Å². The van der Waals surface area contributed by atoms with Crippen LogP contribution in [-0.4, -0.2) is 61.1 Å². The highest BCUT2D eigenvalue weighted by molar-refractivity contribution is 5.41. The van der Waals surface area contributed by atoms with Gasteiger partial charge in [0, 0.05) is 50.3 Å². The minimum Gasteiger partial charge on any atom is -0.381 e. The van der Waals surface area contributed by atoms with Gasteiger partial charge in [-0.05, 0) is 63.3 Å². The molecular weight excluding hydrogens is 334 g/mol. The Morgan fingerprint density at radius 3 is 2.22 bits per heavy atom. The van der Waals surface area contributed by atoms with Crippen LogP contribution in [0.1, 0.15) is 24.0 Å². The number of rotatable bonds is 9. The quantitative estimate of drug-likeness (QED) is 0.713. The molecule has 1 aliphatic rings. The Bertz CT molecular complexity index is 648. The number of likely N-dealkylation sites (N-methyl/N-ethyl adjacent to an activating group) is 1. The number of nitrogens with one attached hydrogen (secondary N) is 2. The molecule has 0 bridgehead atoms. The fourth-order valence-corrected chi connectivity index (χ4v) is 3.41. The number of aromatic nitrogens is 1. The Hall–Kier alpha value is -1.95. The predicted molar refractivity (Wildman–Crippen MR) is 113 cm³/mol. The number of likely N-dealkylation sites (tertiary alicyclic amines) is 1. The lowest BCUT2D eigenvalue weighted by molar-refractivity contribution is 0.182. The summed E-state index contributed by atoms with van der Waals surface area (Å²) in [5.74, 6) is 0. The van der Waals surface area contributed by atoms with E-state index in [4.69, 9.17) is 0 Å². The summed E-state index contributed by atoms with van der Waals surface area (Å²) >= 11 is 0. The van der Waals surface area contributed by atoms with E-state index >= 15 is 0 Å². The highest BCUT2D eigenvalue weighted by Crippen LogP contribution is 2.12. The summed E-state index contributed by atoms with van der Waals surface area (Å²) in [6.07, 6.45) is 6.12. The second-order valence-electron chi connectivity index (χ2n) is 7.71. The van der Waals surface area contributed by atoms with E-state index < -0.39 is 0 Å². The summed E-state index contributed by atoms with van der Waals surface area (Å²) in [6, 6.07) is 13.5. The van der Waals surface area contributed by atoms with Crippen molar-refractivity contribution in [3.8, 4) is 0 Å². The molecule has 0 saturated carbocycles. The summed E-state index contributed by atoms with van der Waals surface area (Å²) < 4.78 is 0. The summed E-state index contributed by atoms with van der Waals surface area (Å²) in [4.78, 5) is 8.89. The Morgan fingerprint density at radius 1 is 0.963 bits per heavy atom. The van der Waals surface area contributed by atoms with Gasteiger partial charge in [0.2, 0.25) is 0 Å². The maximum atomic E-state index is 4.04. The second kappa shape index (κ2) is 10.4. The van der Waals surface area contributed by atoms with Crippen molar-refractivity contribution < 1.29 is 0 Å². The number of piperidine rings is 1. The van der Waals surface area contributed by atoms with E-state index in [9.17, 15) is 0 Å². The molecule has 0 unspecified atom stereocenters. The Labute approximate surface area is 163 Å². The number of hydrogen-bond donors (Lipinski definition) is 2. The molecule has 1 fully saturated rings. The van der Waals surface area contributed by atoms with Gasteiger partial charge in [-0.25, -0.2) is 0 Å². The van der Waals surface area contributed by atoms with Crippen LogP contribution in [0, 0.1) is 0 Å². The van der Waals surface area contributed by atoms with Crippen molar-refractivity contribution in [3.05, 3.63) is 59.9 Å². The molecule has 3 rings (SSSR count). The van der Waals surface area contributed by atoms with Gasteiger partial charge < -0.3 is 20.4 Å². The van der Waals surface area contributed by atoms with Gasteiger partial charge in [0.25, 0.3) is 0 Å². The molecule has 0 atom stereocenters. The fourth-order valence-electron chi connectivity index (χ4n) is 3.41. The van der Waals surface area contributed by atoms with Gasteiger partial charge in [-0.3, -0.25) is 4.98 Å². The summed E-state index contributed by atoms with van der Waals surface area (Å²) in [5.41, 5.74) is 3.76. The molecule has 2 N–H and O–H groups in total. The zero-order chi connectivity index (χ0) is 18.9. The number of nitrogens with zero attached hydrogens (tertiary/aromatic N) is 3. The number of hydrogen-bond acceptors (Lipinski definition) is 5. The van der Waals surface area contributed by atoms with Crippen LogP contribution in [-0.2, 0) is 13.1 Å². The summed E-state index contributed by atoms with van der Waals surface area (Å²) in [6.45, 7) is 6.56. The van der Waals surface area contributed by atoms with Crippen molar-refractivity contribution in [1.82, 2.24) is 20.1 Å². The molecule has 1 aromatic heterocycles. The third-order valence-electron chi connectivity index (χ3n) is 5.25. The van der Waals surface area contributed by atoms with Crippen LogP contribution in [0.2, 0.25) is 0 Å². The van der Waals surface area contributed by atoms with E-state index in [-0.39, 0.29) is 0 Å². The van der Waals surface area contributed by atoms with Gasteiger partial charge in [-0.1, -0.05) is 24.3 Å². The predicted octanol–water partition coefficient (Wildman–Crippen LogP) is 2.81. The number of pyridine rings is 1. The lowest BCUT2D eigenvalue weighted by Crippen LogP contribution is -2.44. The fraction of sp³-hybridized carbons (Fsp3) is 0.500. The van der Waals surface area contributed by atoms with Gasteiger partial charge in [-0.2, -0.15) is 0 Å². The SMILES string of the molecule is CN(C)CCN1CCC(NCc2ccc(CNc3ccncc3)cc2)CC1. The van der Waals surface area contributed by atoms with Crippen molar-refractivity contribution in [1.29, 1.82) is 0 Å². The van der Waals surface area contributed by atoms with Crippen LogP contribution in [0.5, 0.6) is 0 Å². The Balaban J connectivity index is 1.35. The van der Waals surface area contributed by atoms with Crippen LogP contribution in [0.25, 0.3) is 0 Å². The minimum atomic E-state index is 0.647. The monoisotopic (exact) mass is 367 g/mol. The minimum absolute atomic E-state index is 0.647. The molecule has 2 aromatic rings. The first-order valence-corrected chi connectivity index (χ1v) is 10.0. The number of anilines is 1. The van der Waals surface area contributed by atoms with Crippen molar-refractivity contribution in [2.24, 2.45) is 0 Å². The van der Waals surface area contributed by atoms with Crippen molar-refractivity contribution in [3.63, 3.8) is 0 Å². The molecule has 1 aliphatic heterocycles. The van der Waals surface area contributed by atoms with Crippen LogP contribution >= 0.6 is 0 Å². The van der Waals surface area contributed by atoms with Gasteiger partial charge in [0.05, 0.1) is 0 Å². The van der Waals surface area contributed by atoms with E-state index in [1.165, 1.54) is 43.6 Å². The van der Waals surface area contributed by atoms with Crippen LogP contribution in [0.3, 0.4) is 0 Å². The van der Waals surface area contributed by atoms with Crippen LogP contribution in [0.15, 0.2) is 48.8 Å². The zero-order valence-corrected chi connectivity index (χ0v) is 16.7. The first kappa shape index (κ1) is 19.8. The largest absolute Gasteiger partial charge is 0.381 e. The van der Waals surface area contributed by atoms with E-state index in [2.05, 4.69) is 63.8 Å². The molecule has 146 valence electrons. The van der Waals surface area contributed by atoms with Crippen molar-refractivity contribution >= 4 is 5.69 Å². The first-order valence-electron chi connectivity index (χ1n) is 10.0. The Morgan fingerprint density at radius 2 is 1.59 bits per heavy atom. The zero-order valence-electron chi connectivity index (χ0n) is 16.7. The molecule has 0 aliphatic carbocycles. The molecule has 0 spiro atoms. The maximum absolute atomic E-state index is 4.04. The standard InChI is InChI=1S/C22H33N5/c1-26(2)15-16-27-13-9-22(10-14-27)25-18-20-5-3-19(4-6-20)17-24-21-7-11-23-12-8-21/h3-8,11-12,22,25H,9-10,13-18H2,1-2H3,(H,23,24). The molecule has 0 radical (unpaired) electrons. The molecule has 1 aromatic carbocycles. The molecular formula is C22H33N5. The van der Waals surface area contributed by atoms with Gasteiger partial charge in [0.1, 0.15) is 0 Å². The molecule has 27 heavy (non-hydrogen) atoms. The van der Waals surface area contributed by atoms with E-state index in [1.54, 1.807) is 0 Å². The van der Waals surface area contributed by atoms with Crippen molar-refractivity contribution in [2.75, 3.05) is 45.6 Å². The van der Waals surface area contributed by atoms with Gasteiger partial charge in [-0.15, -0.1) is 0 Å². The van der Waals surface area contributed by atoms with Crippen LogP contribution in [0.4, 0.5) is 5.69 Å². The van der Waals surface area contributed by atoms with Gasteiger partial charge >= 0.3 is 0 Å². The summed E-state index contributed by atoms with van der Waals surface area (Å²) in [5, 5.41) is 7.16. The normalized spacial score (nSPS) is 16.0. The smallest absolute Gasteiger partial charge is 0.0400 e. The van der Waals surface area contributed by atoms with Crippen molar-refractivity contribution in [2.45, 2.75) is 32.0 Å². The summed E-state index contributed by atoms with van der Waals surface area (Å²) in [7, 11) is 4.30. The van der Waals surface area contributed by atoms with Gasteiger partial charge in [0.15, 0.2) is 0 Å². The molecule has 0 amide bonds. The maximum Gasteiger partial charge on any atom is 0.0400 e. The second-order valence-corrected chi connectivity index (χ2v) is 7.71.